The Labute approximate surface area is 161 Å². The van der Waals surface area contributed by atoms with E-state index in [0.29, 0.717) is 6.54 Å². The monoisotopic (exact) mass is 400 g/mol. The molecule has 0 N–H and O–H groups in total. The Bertz CT molecular complexity index is 813. The summed E-state index contributed by atoms with van der Waals surface area (Å²) in [6.07, 6.45) is -2.63. The highest BCUT2D eigenvalue weighted by atomic mass is 35.5. The van der Waals surface area contributed by atoms with E-state index in [4.69, 9.17) is 4.42 Å². The number of halogens is 4. The first-order valence-electron chi connectivity index (χ1n) is 8.73. The van der Waals surface area contributed by atoms with Crippen molar-refractivity contribution in [2.75, 3.05) is 26.2 Å². The van der Waals surface area contributed by atoms with Crippen LogP contribution in [0.4, 0.5) is 13.2 Å². The number of fused-ring (bicyclic) bond motifs is 4. The highest BCUT2D eigenvalue weighted by Gasteiger charge is 2.35. The van der Waals surface area contributed by atoms with Gasteiger partial charge in [-0.25, -0.2) is 0 Å². The molecule has 4 nitrogen and oxygen atoms in total. The van der Waals surface area contributed by atoms with Crippen molar-refractivity contribution < 1.29 is 22.4 Å². The van der Waals surface area contributed by atoms with Crippen molar-refractivity contribution >= 4 is 18.3 Å². The number of piperidine rings is 1. The number of nitrogens with zero attached hydrogens (tertiary/aromatic N) is 2. The SMILES string of the molecule is Cl.O=C(c1ccc(-c2ccccc2C(F)(F)F)o1)N1CCN2CCC1CC2. The zero-order valence-electron chi connectivity index (χ0n) is 14.5. The number of rotatable bonds is 2. The lowest BCUT2D eigenvalue weighted by Crippen LogP contribution is -2.41. The summed E-state index contributed by atoms with van der Waals surface area (Å²) in [6, 6.07) is 8.33. The number of alkyl halides is 3. The molecule has 3 aliphatic rings. The van der Waals surface area contributed by atoms with Gasteiger partial charge in [-0.15, -0.1) is 12.4 Å². The average molecular weight is 401 g/mol. The Kier molecular flexibility index (Phi) is 5.53. The van der Waals surface area contributed by atoms with Gasteiger partial charge in [-0.1, -0.05) is 18.2 Å². The first-order valence-corrected chi connectivity index (χ1v) is 8.73. The summed E-state index contributed by atoms with van der Waals surface area (Å²) in [6.45, 7) is 3.42. The Morgan fingerprint density at radius 2 is 1.70 bits per heavy atom. The molecule has 1 aromatic heterocycles. The Balaban J connectivity index is 0.00000210. The van der Waals surface area contributed by atoms with Gasteiger partial charge in [0, 0.05) is 37.8 Å². The van der Waals surface area contributed by atoms with Gasteiger partial charge in [0.1, 0.15) is 5.76 Å². The summed E-state index contributed by atoms with van der Waals surface area (Å²) in [5.74, 6) is -0.0871. The third-order valence-electron chi connectivity index (χ3n) is 5.23. The van der Waals surface area contributed by atoms with Gasteiger partial charge in [0.2, 0.25) is 0 Å². The molecule has 4 heterocycles. The van der Waals surface area contributed by atoms with E-state index in [-0.39, 0.29) is 41.4 Å². The molecule has 5 rings (SSSR count). The van der Waals surface area contributed by atoms with E-state index in [0.717, 1.165) is 38.5 Å². The first-order chi connectivity index (χ1) is 12.4. The van der Waals surface area contributed by atoms with Crippen LogP contribution < -0.4 is 0 Å². The Morgan fingerprint density at radius 3 is 2.41 bits per heavy atom. The predicted molar refractivity (Wildman–Crippen MR) is 96.9 cm³/mol. The zero-order valence-corrected chi connectivity index (χ0v) is 15.4. The van der Waals surface area contributed by atoms with E-state index < -0.39 is 11.7 Å². The number of carbonyl (C=O) groups excluding carboxylic acids is 1. The van der Waals surface area contributed by atoms with Gasteiger partial charge >= 0.3 is 6.18 Å². The van der Waals surface area contributed by atoms with Crippen LogP contribution in [0.2, 0.25) is 0 Å². The molecule has 1 amide bonds. The molecule has 146 valence electrons. The summed E-state index contributed by atoms with van der Waals surface area (Å²) >= 11 is 0. The summed E-state index contributed by atoms with van der Waals surface area (Å²) in [4.78, 5) is 17.0. The second-order valence-corrected chi connectivity index (χ2v) is 6.78. The molecule has 0 aliphatic carbocycles. The lowest BCUT2D eigenvalue weighted by molar-refractivity contribution is -0.137. The maximum Gasteiger partial charge on any atom is 0.417 e. The van der Waals surface area contributed by atoms with Crippen LogP contribution >= 0.6 is 12.4 Å². The predicted octanol–water partition coefficient (Wildman–Crippen LogP) is 4.31. The van der Waals surface area contributed by atoms with Crippen molar-refractivity contribution in [1.82, 2.24) is 9.80 Å². The van der Waals surface area contributed by atoms with Crippen LogP contribution in [0.25, 0.3) is 11.3 Å². The number of amides is 1. The third kappa shape index (κ3) is 3.84. The number of carbonyl (C=O) groups is 1. The fourth-order valence-corrected chi connectivity index (χ4v) is 3.84. The van der Waals surface area contributed by atoms with E-state index in [1.165, 1.54) is 30.3 Å². The second-order valence-electron chi connectivity index (χ2n) is 6.78. The minimum absolute atomic E-state index is 0. The maximum atomic E-state index is 13.2. The van der Waals surface area contributed by atoms with Crippen molar-refractivity contribution in [2.24, 2.45) is 0 Å². The normalized spacial score (nSPS) is 22.3. The molecule has 3 fully saturated rings. The molecule has 27 heavy (non-hydrogen) atoms. The van der Waals surface area contributed by atoms with Crippen LogP contribution in [0.1, 0.15) is 29.0 Å². The molecule has 0 atom stereocenters. The van der Waals surface area contributed by atoms with Gasteiger partial charge in [0.25, 0.3) is 5.91 Å². The highest BCUT2D eigenvalue weighted by molar-refractivity contribution is 5.92. The minimum Gasteiger partial charge on any atom is -0.451 e. The topological polar surface area (TPSA) is 36.7 Å². The third-order valence-corrected chi connectivity index (χ3v) is 5.23. The van der Waals surface area contributed by atoms with Crippen LogP contribution in [-0.2, 0) is 6.18 Å². The molecular formula is C19H20ClF3N2O2. The van der Waals surface area contributed by atoms with Crippen LogP contribution in [0.3, 0.4) is 0 Å². The zero-order chi connectivity index (χ0) is 18.3. The molecule has 0 spiro atoms. The smallest absolute Gasteiger partial charge is 0.417 e. The van der Waals surface area contributed by atoms with Gasteiger partial charge in [0.05, 0.1) is 5.56 Å². The molecule has 8 heteroatoms. The first kappa shape index (κ1) is 19.8. The van der Waals surface area contributed by atoms with Crippen molar-refractivity contribution in [3.8, 4) is 11.3 Å². The van der Waals surface area contributed by atoms with Crippen molar-refractivity contribution in [2.45, 2.75) is 25.1 Å². The molecule has 3 aliphatic heterocycles. The second kappa shape index (κ2) is 7.56. The average Bonchev–Trinajstić information content (AvgIpc) is 2.93. The fraction of sp³-hybridized carbons (Fsp3) is 0.421. The number of furan rings is 1. The van der Waals surface area contributed by atoms with Crippen LogP contribution in [0.5, 0.6) is 0 Å². The van der Waals surface area contributed by atoms with Gasteiger partial charge in [-0.3, -0.25) is 4.79 Å². The van der Waals surface area contributed by atoms with E-state index >= 15 is 0 Å². The Hall–Kier alpha value is -1.99. The van der Waals surface area contributed by atoms with Gasteiger partial charge < -0.3 is 14.2 Å². The quantitative estimate of drug-likeness (QED) is 0.753. The van der Waals surface area contributed by atoms with Crippen LogP contribution in [0.15, 0.2) is 40.8 Å². The lowest BCUT2D eigenvalue weighted by atomic mass is 10.0. The number of hydrogen-bond donors (Lipinski definition) is 0. The largest absolute Gasteiger partial charge is 0.451 e. The van der Waals surface area contributed by atoms with Gasteiger partial charge in [-0.05, 0) is 31.0 Å². The van der Waals surface area contributed by atoms with E-state index in [2.05, 4.69) is 4.90 Å². The lowest BCUT2D eigenvalue weighted by Gasteiger charge is -2.30. The summed E-state index contributed by atoms with van der Waals surface area (Å²) in [5, 5.41) is 0. The molecule has 2 bridgehead atoms. The maximum absolute atomic E-state index is 13.2. The van der Waals surface area contributed by atoms with E-state index in [9.17, 15) is 18.0 Å². The Morgan fingerprint density at radius 1 is 1.00 bits per heavy atom. The standard InChI is InChI=1S/C19H19F3N2O2.ClH/c20-19(21,22)15-4-2-1-3-14(15)16-5-6-17(26-16)18(25)24-12-11-23-9-7-13(24)8-10-23;/h1-6,13H,7-12H2;1H. The molecular weight excluding hydrogens is 381 g/mol. The summed E-state index contributed by atoms with van der Waals surface area (Å²) in [7, 11) is 0. The van der Waals surface area contributed by atoms with Crippen molar-refractivity contribution in [1.29, 1.82) is 0 Å². The molecule has 3 saturated heterocycles. The molecule has 0 radical (unpaired) electrons. The fourth-order valence-electron chi connectivity index (χ4n) is 3.84. The van der Waals surface area contributed by atoms with Crippen molar-refractivity contribution in [3.63, 3.8) is 0 Å². The molecule has 0 unspecified atom stereocenters. The van der Waals surface area contributed by atoms with Crippen LogP contribution in [0, 0.1) is 0 Å². The summed E-state index contributed by atoms with van der Waals surface area (Å²) in [5.41, 5.74) is -0.823. The van der Waals surface area contributed by atoms with Crippen LogP contribution in [-0.4, -0.2) is 47.9 Å². The number of hydrogen-bond acceptors (Lipinski definition) is 3. The van der Waals surface area contributed by atoms with E-state index in [1.54, 1.807) is 0 Å². The molecule has 1 aromatic carbocycles. The molecule has 0 saturated carbocycles. The number of benzene rings is 1. The minimum atomic E-state index is -4.48. The van der Waals surface area contributed by atoms with Gasteiger partial charge in [0.15, 0.2) is 5.76 Å². The highest BCUT2D eigenvalue weighted by Crippen LogP contribution is 2.37. The molecule has 2 aromatic rings. The van der Waals surface area contributed by atoms with E-state index in [1.807, 2.05) is 4.90 Å². The van der Waals surface area contributed by atoms with Crippen molar-refractivity contribution in [3.05, 3.63) is 47.7 Å². The van der Waals surface area contributed by atoms with Gasteiger partial charge in [-0.2, -0.15) is 13.2 Å². The summed E-state index contributed by atoms with van der Waals surface area (Å²) < 4.78 is 45.2.